The number of hydrogen-bond donors (Lipinski definition) is 1. The molecule has 6 nitrogen and oxygen atoms in total. The van der Waals surface area contributed by atoms with Gasteiger partial charge in [0, 0.05) is 12.6 Å². The van der Waals surface area contributed by atoms with E-state index in [9.17, 15) is 13.2 Å². The number of para-hydroxylation sites is 2. The molecule has 2 atom stereocenters. The highest BCUT2D eigenvalue weighted by atomic mass is 32.2. The lowest BCUT2D eigenvalue weighted by atomic mass is 10.2. The van der Waals surface area contributed by atoms with Crippen LogP contribution in [0.1, 0.15) is 20.3 Å². The van der Waals surface area contributed by atoms with Crippen molar-refractivity contribution in [1.82, 2.24) is 14.9 Å². The molecule has 3 rings (SSSR count). The minimum atomic E-state index is -2.99. The third-order valence-electron chi connectivity index (χ3n) is 4.17. The number of carbonyl (C=O) groups excluding carboxylic acids is 1. The molecule has 1 aliphatic rings. The van der Waals surface area contributed by atoms with Crippen molar-refractivity contribution in [2.75, 3.05) is 11.5 Å². The Morgan fingerprint density at radius 3 is 2.88 bits per heavy atom. The standard InChI is InChI=1S/C16H21N3O3S2/c1-3-19-14-7-5-4-6-13(14)18-16(19)23-11(2)15(20)17-12-8-9-24(21,22)10-12/h4-7,11-12H,3,8-10H2,1-2H3,(H,17,20)/t11-,12-/m0/s1. The minimum Gasteiger partial charge on any atom is -0.351 e. The van der Waals surface area contributed by atoms with Gasteiger partial charge >= 0.3 is 0 Å². The van der Waals surface area contributed by atoms with Crippen LogP contribution in [0.15, 0.2) is 29.4 Å². The number of nitrogens with zero attached hydrogens (tertiary/aromatic N) is 2. The normalized spacial score (nSPS) is 21.0. The summed E-state index contributed by atoms with van der Waals surface area (Å²) in [6.45, 7) is 4.65. The number of amides is 1. The SMILES string of the molecule is CCn1c(S[C@@H](C)C(=O)N[C@H]2CCS(=O)(=O)C2)nc2ccccc21. The van der Waals surface area contributed by atoms with E-state index in [1.54, 1.807) is 0 Å². The summed E-state index contributed by atoms with van der Waals surface area (Å²) in [4.78, 5) is 17.0. The zero-order chi connectivity index (χ0) is 17.3. The number of rotatable bonds is 5. The van der Waals surface area contributed by atoms with E-state index >= 15 is 0 Å². The molecule has 0 saturated carbocycles. The van der Waals surface area contributed by atoms with E-state index in [1.165, 1.54) is 11.8 Å². The third-order valence-corrected chi connectivity index (χ3v) is 7.02. The predicted octanol–water partition coefficient (Wildman–Crippen LogP) is 1.84. The summed E-state index contributed by atoms with van der Waals surface area (Å²) in [6, 6.07) is 7.63. The highest BCUT2D eigenvalue weighted by Crippen LogP contribution is 2.27. The van der Waals surface area contributed by atoms with Crippen molar-refractivity contribution in [3.8, 4) is 0 Å². The monoisotopic (exact) mass is 367 g/mol. The molecule has 1 aliphatic heterocycles. The molecule has 1 aromatic heterocycles. The van der Waals surface area contributed by atoms with Crippen molar-refractivity contribution in [2.45, 2.75) is 43.3 Å². The number of aryl methyl sites for hydroxylation is 1. The van der Waals surface area contributed by atoms with E-state index in [0.717, 1.165) is 22.7 Å². The molecule has 1 aromatic carbocycles. The van der Waals surface area contributed by atoms with Crippen LogP contribution in [0.5, 0.6) is 0 Å². The Hall–Kier alpha value is -1.54. The summed E-state index contributed by atoms with van der Waals surface area (Å²) >= 11 is 1.40. The maximum Gasteiger partial charge on any atom is 0.233 e. The van der Waals surface area contributed by atoms with Crippen LogP contribution in [0.4, 0.5) is 0 Å². The van der Waals surface area contributed by atoms with Gasteiger partial charge in [-0.25, -0.2) is 13.4 Å². The largest absolute Gasteiger partial charge is 0.351 e. The van der Waals surface area contributed by atoms with Crippen LogP contribution in [0.2, 0.25) is 0 Å². The lowest BCUT2D eigenvalue weighted by molar-refractivity contribution is -0.120. The van der Waals surface area contributed by atoms with Crippen molar-refractivity contribution < 1.29 is 13.2 Å². The van der Waals surface area contributed by atoms with Crippen LogP contribution in [0, 0.1) is 0 Å². The number of sulfone groups is 1. The second kappa shape index (κ2) is 6.76. The first kappa shape index (κ1) is 17.3. The number of hydrogen-bond acceptors (Lipinski definition) is 5. The van der Waals surface area contributed by atoms with Gasteiger partial charge in [-0.1, -0.05) is 23.9 Å². The molecular formula is C16H21N3O3S2. The smallest absolute Gasteiger partial charge is 0.233 e. The Morgan fingerprint density at radius 2 is 2.21 bits per heavy atom. The maximum atomic E-state index is 12.4. The summed E-state index contributed by atoms with van der Waals surface area (Å²) < 4.78 is 25.1. The topological polar surface area (TPSA) is 81.1 Å². The molecule has 8 heteroatoms. The molecule has 0 spiro atoms. The first-order valence-electron chi connectivity index (χ1n) is 8.02. The van der Waals surface area contributed by atoms with Crippen LogP contribution in [0.3, 0.4) is 0 Å². The Morgan fingerprint density at radius 1 is 1.46 bits per heavy atom. The fourth-order valence-electron chi connectivity index (χ4n) is 2.89. The summed E-state index contributed by atoms with van der Waals surface area (Å²) in [7, 11) is -2.99. The minimum absolute atomic E-state index is 0.0452. The van der Waals surface area contributed by atoms with E-state index < -0.39 is 9.84 Å². The zero-order valence-electron chi connectivity index (χ0n) is 13.7. The highest BCUT2D eigenvalue weighted by molar-refractivity contribution is 8.00. The van der Waals surface area contributed by atoms with Gasteiger partial charge in [0.15, 0.2) is 15.0 Å². The zero-order valence-corrected chi connectivity index (χ0v) is 15.4. The van der Waals surface area contributed by atoms with Crippen LogP contribution >= 0.6 is 11.8 Å². The van der Waals surface area contributed by atoms with Crippen molar-refractivity contribution in [3.05, 3.63) is 24.3 Å². The van der Waals surface area contributed by atoms with Crippen molar-refractivity contribution in [1.29, 1.82) is 0 Å². The quantitative estimate of drug-likeness (QED) is 0.816. The number of imidazole rings is 1. The first-order valence-corrected chi connectivity index (χ1v) is 10.7. The highest BCUT2D eigenvalue weighted by Gasteiger charge is 2.30. The van der Waals surface area contributed by atoms with Gasteiger partial charge in [-0.2, -0.15) is 0 Å². The number of nitrogens with one attached hydrogen (secondary N) is 1. The summed E-state index contributed by atoms with van der Waals surface area (Å²) in [5, 5.41) is 3.32. The average molecular weight is 367 g/mol. The predicted molar refractivity (Wildman–Crippen MR) is 95.9 cm³/mol. The summed E-state index contributed by atoms with van der Waals surface area (Å²) in [6.07, 6.45) is 0.499. The molecule has 2 heterocycles. The van der Waals surface area contributed by atoms with Gasteiger partial charge in [-0.3, -0.25) is 4.79 Å². The van der Waals surface area contributed by atoms with E-state index in [-0.39, 0.29) is 28.7 Å². The lowest BCUT2D eigenvalue weighted by Crippen LogP contribution is -2.40. The third kappa shape index (κ3) is 3.59. The molecule has 0 aliphatic carbocycles. The first-order chi connectivity index (χ1) is 11.4. The van der Waals surface area contributed by atoms with Crippen molar-refractivity contribution in [3.63, 3.8) is 0 Å². The van der Waals surface area contributed by atoms with Crippen molar-refractivity contribution in [2.24, 2.45) is 0 Å². The van der Waals surface area contributed by atoms with E-state index in [2.05, 4.69) is 14.9 Å². The Labute approximate surface area is 145 Å². The van der Waals surface area contributed by atoms with Crippen LogP contribution in [0.25, 0.3) is 11.0 Å². The van der Waals surface area contributed by atoms with Gasteiger partial charge in [0.25, 0.3) is 0 Å². The van der Waals surface area contributed by atoms with Gasteiger partial charge in [-0.15, -0.1) is 0 Å². The number of benzene rings is 1. The molecule has 2 aromatic rings. The number of fused-ring (bicyclic) bond motifs is 1. The number of thioether (sulfide) groups is 1. The van der Waals surface area contributed by atoms with Crippen LogP contribution in [-0.4, -0.2) is 46.7 Å². The molecular weight excluding hydrogens is 346 g/mol. The second-order valence-corrected chi connectivity index (χ2v) is 9.53. The molecule has 1 N–H and O–H groups in total. The van der Waals surface area contributed by atoms with Gasteiger partial charge in [0.05, 0.1) is 27.8 Å². The van der Waals surface area contributed by atoms with E-state index in [4.69, 9.17) is 0 Å². The molecule has 0 unspecified atom stereocenters. The maximum absolute atomic E-state index is 12.4. The molecule has 1 amide bonds. The van der Waals surface area contributed by atoms with Crippen molar-refractivity contribution >= 4 is 38.5 Å². The lowest BCUT2D eigenvalue weighted by Gasteiger charge is -2.15. The molecule has 1 fully saturated rings. The number of aromatic nitrogens is 2. The van der Waals surface area contributed by atoms with E-state index in [1.807, 2.05) is 38.1 Å². The molecule has 130 valence electrons. The Bertz CT molecular complexity index is 861. The van der Waals surface area contributed by atoms with Gasteiger partial charge in [-0.05, 0) is 32.4 Å². The van der Waals surface area contributed by atoms with Crippen LogP contribution < -0.4 is 5.32 Å². The van der Waals surface area contributed by atoms with E-state index in [0.29, 0.717) is 6.42 Å². The van der Waals surface area contributed by atoms with Gasteiger partial charge in [0.2, 0.25) is 5.91 Å². The molecule has 1 saturated heterocycles. The molecule has 24 heavy (non-hydrogen) atoms. The summed E-state index contributed by atoms with van der Waals surface area (Å²) in [5.41, 5.74) is 1.97. The molecule has 0 radical (unpaired) electrons. The van der Waals surface area contributed by atoms with Crippen LogP contribution in [-0.2, 0) is 21.2 Å². The Kier molecular flexibility index (Phi) is 4.87. The molecule has 0 bridgehead atoms. The average Bonchev–Trinajstić information content (AvgIpc) is 3.06. The fraction of sp³-hybridized carbons (Fsp3) is 0.500. The van der Waals surface area contributed by atoms with Gasteiger partial charge in [0.1, 0.15) is 0 Å². The summed E-state index contributed by atoms with van der Waals surface area (Å²) in [5.74, 6) is 0.0612. The second-order valence-electron chi connectivity index (χ2n) is 6.00. The Balaban J connectivity index is 1.70. The number of carbonyl (C=O) groups is 1. The fourth-order valence-corrected chi connectivity index (χ4v) is 5.56. The van der Waals surface area contributed by atoms with Gasteiger partial charge < -0.3 is 9.88 Å².